The van der Waals surface area contributed by atoms with E-state index in [2.05, 4.69) is 267 Å². The highest BCUT2D eigenvalue weighted by atomic mass is 15.1. The van der Waals surface area contributed by atoms with Crippen LogP contribution in [0.4, 0.5) is 17.1 Å². The minimum Gasteiger partial charge on any atom is -0.310 e. The van der Waals surface area contributed by atoms with Crippen molar-refractivity contribution in [1.82, 2.24) is 0 Å². The van der Waals surface area contributed by atoms with Crippen LogP contribution in [0.1, 0.15) is 69.5 Å². The molecule has 0 unspecified atom stereocenters. The summed E-state index contributed by atoms with van der Waals surface area (Å²) in [5.41, 5.74) is 22.8. The standard InChI is InChI=1S/C65H47N/c1-63(2)53-29-14-12-27-50(53)51-42-41-49(43-60(51)63)66(48-39-37-45(38-40-48)44-21-6-3-7-22-44)61-36-20-35-59-62(61)52-28-13-15-30-54(52)65(59)57-33-18-16-31-55(57)64(46-23-8-4-9-24-46,47-25-10-5-11-26-47)56-32-17-19-34-58(56)65/h3-43H,1-2H3. The molecule has 13 rings (SSSR count). The molecule has 66 heavy (non-hydrogen) atoms. The Labute approximate surface area is 388 Å². The summed E-state index contributed by atoms with van der Waals surface area (Å²) in [4.78, 5) is 2.53. The van der Waals surface area contributed by atoms with Crippen molar-refractivity contribution in [1.29, 1.82) is 0 Å². The van der Waals surface area contributed by atoms with Gasteiger partial charge in [0, 0.05) is 22.4 Å². The van der Waals surface area contributed by atoms with Crippen molar-refractivity contribution in [2.75, 3.05) is 4.90 Å². The van der Waals surface area contributed by atoms with Gasteiger partial charge in [-0.2, -0.15) is 0 Å². The zero-order valence-electron chi connectivity index (χ0n) is 37.1. The van der Waals surface area contributed by atoms with Gasteiger partial charge >= 0.3 is 0 Å². The summed E-state index contributed by atoms with van der Waals surface area (Å²) < 4.78 is 0. The van der Waals surface area contributed by atoms with Crippen LogP contribution < -0.4 is 4.90 Å². The molecule has 10 aromatic carbocycles. The van der Waals surface area contributed by atoms with E-state index < -0.39 is 10.8 Å². The van der Waals surface area contributed by atoms with Crippen LogP contribution in [0.15, 0.2) is 249 Å². The summed E-state index contributed by atoms with van der Waals surface area (Å²) >= 11 is 0. The highest BCUT2D eigenvalue weighted by Crippen LogP contribution is 2.66. The zero-order valence-corrected chi connectivity index (χ0v) is 37.1. The Morgan fingerprint density at radius 1 is 0.288 bits per heavy atom. The first-order valence-electron chi connectivity index (χ1n) is 23.3. The molecule has 0 heterocycles. The van der Waals surface area contributed by atoms with E-state index in [1.807, 2.05) is 0 Å². The lowest BCUT2D eigenvalue weighted by Gasteiger charge is -2.50. The van der Waals surface area contributed by atoms with Crippen molar-refractivity contribution in [3.8, 4) is 33.4 Å². The molecule has 0 saturated heterocycles. The third kappa shape index (κ3) is 5.17. The van der Waals surface area contributed by atoms with Crippen LogP contribution in [0, 0.1) is 0 Å². The first kappa shape index (κ1) is 38.5. The average molecular weight is 842 g/mol. The monoisotopic (exact) mass is 841 g/mol. The molecule has 0 aromatic heterocycles. The van der Waals surface area contributed by atoms with E-state index in [0.29, 0.717) is 0 Å². The molecule has 1 spiro atoms. The minimum atomic E-state index is -0.605. The van der Waals surface area contributed by atoms with Crippen LogP contribution in [0.2, 0.25) is 0 Å². The first-order valence-corrected chi connectivity index (χ1v) is 23.3. The Balaban J connectivity index is 1.10. The quantitative estimate of drug-likeness (QED) is 0.161. The fourth-order valence-corrected chi connectivity index (χ4v) is 12.5. The van der Waals surface area contributed by atoms with Crippen LogP contribution >= 0.6 is 0 Å². The number of rotatable bonds is 6. The molecular weight excluding hydrogens is 795 g/mol. The van der Waals surface area contributed by atoms with Crippen molar-refractivity contribution < 1.29 is 0 Å². The number of benzene rings is 10. The SMILES string of the molecule is CC1(C)c2ccccc2-c2ccc(N(c3ccc(-c4ccccc4)cc3)c3cccc4c3-c3ccccc3C43c4ccccc4C(c4ccccc4)(c4ccccc4)c4ccccc43)cc21. The van der Waals surface area contributed by atoms with Crippen molar-refractivity contribution in [3.63, 3.8) is 0 Å². The van der Waals surface area contributed by atoms with Crippen LogP contribution in [-0.4, -0.2) is 0 Å². The largest absolute Gasteiger partial charge is 0.310 e. The lowest BCUT2D eigenvalue weighted by Crippen LogP contribution is -2.44. The van der Waals surface area contributed by atoms with Crippen LogP contribution in [0.5, 0.6) is 0 Å². The van der Waals surface area contributed by atoms with Crippen LogP contribution in [0.3, 0.4) is 0 Å². The first-order chi connectivity index (χ1) is 32.5. The summed E-state index contributed by atoms with van der Waals surface area (Å²) in [7, 11) is 0. The van der Waals surface area contributed by atoms with Gasteiger partial charge in [-0.05, 0) is 114 Å². The summed E-state index contributed by atoms with van der Waals surface area (Å²) in [6.07, 6.45) is 0. The van der Waals surface area contributed by atoms with Crippen molar-refractivity contribution in [2.24, 2.45) is 0 Å². The highest BCUT2D eigenvalue weighted by molar-refractivity contribution is 5.99. The Morgan fingerprint density at radius 3 is 1.33 bits per heavy atom. The predicted octanol–water partition coefficient (Wildman–Crippen LogP) is 16.2. The maximum Gasteiger partial charge on any atom is 0.0720 e. The van der Waals surface area contributed by atoms with E-state index in [-0.39, 0.29) is 5.41 Å². The summed E-state index contributed by atoms with van der Waals surface area (Å²) in [6, 6.07) is 93.3. The van der Waals surface area contributed by atoms with Gasteiger partial charge in [0.25, 0.3) is 0 Å². The van der Waals surface area contributed by atoms with Crippen molar-refractivity contribution >= 4 is 17.1 Å². The number of hydrogen-bond donors (Lipinski definition) is 0. The lowest BCUT2D eigenvalue weighted by molar-refractivity contribution is 0.623. The Morgan fingerprint density at radius 2 is 0.727 bits per heavy atom. The number of nitrogens with zero attached hydrogens (tertiary/aromatic N) is 1. The molecule has 0 amide bonds. The Bertz CT molecular complexity index is 3400. The van der Waals surface area contributed by atoms with Gasteiger partial charge in [-0.25, -0.2) is 0 Å². The maximum atomic E-state index is 2.53. The number of fused-ring (bicyclic) bond motifs is 12. The van der Waals surface area contributed by atoms with E-state index in [1.165, 1.54) is 89.0 Å². The zero-order chi connectivity index (χ0) is 44.0. The van der Waals surface area contributed by atoms with E-state index in [0.717, 1.165) is 17.1 Å². The Hall–Kier alpha value is -8.00. The molecule has 0 bridgehead atoms. The average Bonchev–Trinajstić information content (AvgIpc) is 3.81. The fourth-order valence-electron chi connectivity index (χ4n) is 12.5. The molecule has 0 fully saturated rings. The smallest absolute Gasteiger partial charge is 0.0720 e. The van der Waals surface area contributed by atoms with Crippen LogP contribution in [0.25, 0.3) is 33.4 Å². The second-order valence-electron chi connectivity index (χ2n) is 18.7. The second-order valence-corrected chi connectivity index (χ2v) is 18.7. The van der Waals surface area contributed by atoms with Gasteiger partial charge in [0.2, 0.25) is 0 Å². The van der Waals surface area contributed by atoms with Gasteiger partial charge < -0.3 is 4.90 Å². The summed E-state index contributed by atoms with van der Waals surface area (Å²) in [5.74, 6) is 0. The maximum absolute atomic E-state index is 2.53. The molecule has 0 N–H and O–H groups in total. The van der Waals surface area contributed by atoms with E-state index >= 15 is 0 Å². The summed E-state index contributed by atoms with van der Waals surface area (Å²) in [6.45, 7) is 4.76. The van der Waals surface area contributed by atoms with Crippen LogP contribution in [-0.2, 0) is 16.2 Å². The number of anilines is 3. The molecule has 1 nitrogen and oxygen atoms in total. The third-order valence-corrected chi connectivity index (χ3v) is 15.2. The van der Waals surface area contributed by atoms with E-state index in [9.17, 15) is 0 Å². The predicted molar refractivity (Wildman–Crippen MR) is 273 cm³/mol. The van der Waals surface area contributed by atoms with Gasteiger partial charge in [0.1, 0.15) is 0 Å². The molecule has 312 valence electrons. The molecule has 0 radical (unpaired) electrons. The van der Waals surface area contributed by atoms with Gasteiger partial charge in [-0.3, -0.25) is 0 Å². The van der Waals surface area contributed by atoms with Crippen molar-refractivity contribution in [3.05, 3.63) is 304 Å². The molecule has 1 heteroatoms. The lowest BCUT2D eigenvalue weighted by atomic mass is 9.51. The minimum absolute atomic E-state index is 0.153. The third-order valence-electron chi connectivity index (χ3n) is 15.2. The molecule has 0 saturated carbocycles. The molecule has 3 aliphatic carbocycles. The van der Waals surface area contributed by atoms with Gasteiger partial charge in [0.15, 0.2) is 0 Å². The summed E-state index contributed by atoms with van der Waals surface area (Å²) in [5, 5.41) is 0. The normalized spacial score (nSPS) is 14.9. The topological polar surface area (TPSA) is 3.24 Å². The fraction of sp³-hybridized carbons (Fsp3) is 0.0769. The molecule has 10 aromatic rings. The molecule has 0 aliphatic heterocycles. The van der Waals surface area contributed by atoms with Gasteiger partial charge in [0.05, 0.1) is 16.5 Å². The Kier molecular flexibility index (Phi) is 8.45. The molecular formula is C65H47N. The molecule has 0 atom stereocenters. The second kappa shape index (κ2) is 14.5. The van der Waals surface area contributed by atoms with Gasteiger partial charge in [-0.1, -0.05) is 232 Å². The highest BCUT2D eigenvalue weighted by Gasteiger charge is 2.57. The molecule has 3 aliphatic rings. The van der Waals surface area contributed by atoms with Crippen molar-refractivity contribution in [2.45, 2.75) is 30.1 Å². The van der Waals surface area contributed by atoms with E-state index in [4.69, 9.17) is 0 Å². The van der Waals surface area contributed by atoms with Gasteiger partial charge in [-0.15, -0.1) is 0 Å². The number of hydrogen-bond acceptors (Lipinski definition) is 1. The van der Waals surface area contributed by atoms with E-state index in [1.54, 1.807) is 0 Å².